The fourth-order valence-corrected chi connectivity index (χ4v) is 4.06. The predicted octanol–water partition coefficient (Wildman–Crippen LogP) is 3.05. The number of hydrogen-bond acceptors (Lipinski definition) is 3. The van der Waals surface area contributed by atoms with E-state index in [1.807, 2.05) is 15.9 Å². The lowest BCUT2D eigenvalue weighted by Gasteiger charge is -2.31. The number of nitrogens with two attached hydrogens (primary N) is 1. The molecule has 2 rings (SSSR count). The van der Waals surface area contributed by atoms with Crippen molar-refractivity contribution in [2.45, 2.75) is 77.7 Å². The van der Waals surface area contributed by atoms with Crippen molar-refractivity contribution in [3.63, 3.8) is 0 Å². The Balaban J connectivity index is 2.06. The molecular weight excluding hydrogens is 314 g/mol. The summed E-state index contributed by atoms with van der Waals surface area (Å²) in [6, 6.07) is -0.244. The first-order valence-corrected chi connectivity index (χ1v) is 10.1. The van der Waals surface area contributed by atoms with Crippen LogP contribution in [-0.4, -0.2) is 47.3 Å². The van der Waals surface area contributed by atoms with Crippen LogP contribution in [0, 0.1) is 5.92 Å². The van der Waals surface area contributed by atoms with E-state index in [0.717, 1.165) is 70.2 Å². The number of rotatable bonds is 8. The quantitative estimate of drug-likeness (QED) is 0.732. The zero-order valence-electron chi connectivity index (χ0n) is 16.0. The smallest absolute Gasteiger partial charge is 0.245 e. The van der Waals surface area contributed by atoms with Gasteiger partial charge in [0.15, 0.2) is 0 Å². The molecule has 0 aromatic rings. The summed E-state index contributed by atoms with van der Waals surface area (Å²) in [5.74, 6) is 0.209. The lowest BCUT2D eigenvalue weighted by atomic mass is 9.94. The fourth-order valence-electron chi connectivity index (χ4n) is 4.06. The van der Waals surface area contributed by atoms with Crippen LogP contribution in [-0.2, 0) is 9.59 Å². The van der Waals surface area contributed by atoms with Crippen LogP contribution in [0.4, 0.5) is 0 Å². The molecule has 5 heteroatoms. The van der Waals surface area contributed by atoms with E-state index in [-0.39, 0.29) is 23.8 Å². The highest BCUT2D eigenvalue weighted by Gasteiger charge is 2.39. The van der Waals surface area contributed by atoms with Crippen LogP contribution >= 0.6 is 0 Å². The Bertz CT molecular complexity index is 483. The van der Waals surface area contributed by atoms with Crippen LogP contribution in [0.1, 0.15) is 71.6 Å². The van der Waals surface area contributed by atoms with E-state index < -0.39 is 0 Å². The number of likely N-dealkylation sites (tertiary alicyclic amines) is 2. The van der Waals surface area contributed by atoms with Gasteiger partial charge in [-0.1, -0.05) is 32.8 Å². The number of amides is 2. The van der Waals surface area contributed by atoms with Crippen molar-refractivity contribution in [1.29, 1.82) is 0 Å². The molecule has 2 aliphatic heterocycles. The van der Waals surface area contributed by atoms with Crippen LogP contribution < -0.4 is 5.73 Å². The minimum absolute atomic E-state index is 0.0882. The average molecular weight is 350 g/mol. The highest BCUT2D eigenvalue weighted by molar-refractivity contribution is 5.89. The molecule has 25 heavy (non-hydrogen) atoms. The molecule has 0 aromatic carbocycles. The van der Waals surface area contributed by atoms with E-state index in [2.05, 4.69) is 13.8 Å². The van der Waals surface area contributed by atoms with E-state index in [1.165, 1.54) is 0 Å². The molecule has 5 nitrogen and oxygen atoms in total. The maximum absolute atomic E-state index is 13.2. The van der Waals surface area contributed by atoms with Gasteiger partial charge in [0.25, 0.3) is 0 Å². The van der Waals surface area contributed by atoms with Gasteiger partial charge in [0.2, 0.25) is 11.8 Å². The van der Waals surface area contributed by atoms with E-state index in [4.69, 9.17) is 5.73 Å². The zero-order valence-corrected chi connectivity index (χ0v) is 16.0. The van der Waals surface area contributed by atoms with Crippen molar-refractivity contribution >= 4 is 11.8 Å². The molecule has 2 N–H and O–H groups in total. The Kier molecular flexibility index (Phi) is 7.79. The number of nitrogens with zero attached hydrogens (tertiary/aromatic N) is 2. The van der Waals surface area contributed by atoms with Crippen LogP contribution in [0.2, 0.25) is 0 Å². The van der Waals surface area contributed by atoms with Crippen LogP contribution in [0.25, 0.3) is 0 Å². The van der Waals surface area contributed by atoms with Crippen molar-refractivity contribution in [3.8, 4) is 0 Å². The summed E-state index contributed by atoms with van der Waals surface area (Å²) in [4.78, 5) is 29.8. The number of hydrogen-bond donors (Lipinski definition) is 1. The van der Waals surface area contributed by atoms with Gasteiger partial charge in [-0.05, 0) is 44.9 Å². The molecule has 0 aliphatic carbocycles. The minimum Gasteiger partial charge on any atom is -0.402 e. The maximum Gasteiger partial charge on any atom is 0.245 e. The zero-order chi connectivity index (χ0) is 18.2. The third kappa shape index (κ3) is 5.23. The Morgan fingerprint density at radius 1 is 1.16 bits per heavy atom. The van der Waals surface area contributed by atoms with Gasteiger partial charge in [-0.2, -0.15) is 0 Å². The normalized spacial score (nSPS) is 22.5. The van der Waals surface area contributed by atoms with Gasteiger partial charge >= 0.3 is 0 Å². The van der Waals surface area contributed by atoms with Gasteiger partial charge in [-0.3, -0.25) is 9.59 Å². The Morgan fingerprint density at radius 2 is 1.88 bits per heavy atom. The molecule has 2 saturated heterocycles. The van der Waals surface area contributed by atoms with Crippen LogP contribution in [0.3, 0.4) is 0 Å². The largest absolute Gasteiger partial charge is 0.402 e. The maximum atomic E-state index is 13.2. The lowest BCUT2D eigenvalue weighted by Crippen LogP contribution is -2.48. The number of carbonyl (C=O) groups excluding carboxylic acids is 2. The minimum atomic E-state index is -0.244. The van der Waals surface area contributed by atoms with E-state index in [0.29, 0.717) is 13.0 Å². The van der Waals surface area contributed by atoms with Gasteiger partial charge in [0, 0.05) is 31.2 Å². The molecule has 2 fully saturated rings. The fraction of sp³-hybridized carbons (Fsp3) is 0.800. The highest BCUT2D eigenvalue weighted by Crippen LogP contribution is 2.27. The standard InChI is InChI=1S/C20H35N3O2/c1-3-5-10-16(15-17(21)9-4-2)19(24)23-14-8-11-18(23)20(25)22-12-6-7-13-22/h9,16,18H,3-8,10-15,21H2,1-2H3/b17-9-. The van der Waals surface area contributed by atoms with Crippen molar-refractivity contribution in [3.05, 3.63) is 11.8 Å². The van der Waals surface area contributed by atoms with Crippen LogP contribution in [0.5, 0.6) is 0 Å². The van der Waals surface area contributed by atoms with Gasteiger partial charge in [0.05, 0.1) is 0 Å². The molecule has 2 unspecified atom stereocenters. The summed E-state index contributed by atoms with van der Waals surface area (Å²) in [7, 11) is 0. The molecule has 2 atom stereocenters. The molecule has 0 radical (unpaired) electrons. The first-order valence-electron chi connectivity index (χ1n) is 10.1. The first kappa shape index (κ1) is 19.8. The van der Waals surface area contributed by atoms with Crippen molar-refractivity contribution < 1.29 is 9.59 Å². The number of unbranched alkanes of at least 4 members (excludes halogenated alkanes) is 1. The summed E-state index contributed by atoms with van der Waals surface area (Å²) < 4.78 is 0. The van der Waals surface area contributed by atoms with E-state index >= 15 is 0 Å². The van der Waals surface area contributed by atoms with Gasteiger partial charge in [-0.25, -0.2) is 0 Å². The molecule has 2 aliphatic rings. The van der Waals surface area contributed by atoms with Gasteiger partial charge < -0.3 is 15.5 Å². The molecule has 2 amide bonds. The van der Waals surface area contributed by atoms with Gasteiger partial charge in [-0.15, -0.1) is 0 Å². The molecule has 142 valence electrons. The summed E-state index contributed by atoms with van der Waals surface area (Å²) in [5, 5.41) is 0. The first-order chi connectivity index (χ1) is 12.1. The average Bonchev–Trinajstić information content (AvgIpc) is 3.29. The second kappa shape index (κ2) is 9.83. The van der Waals surface area contributed by atoms with Crippen molar-refractivity contribution in [1.82, 2.24) is 9.80 Å². The topological polar surface area (TPSA) is 66.6 Å². The molecule has 0 bridgehead atoms. The lowest BCUT2D eigenvalue weighted by molar-refractivity contribution is -0.145. The molecule has 0 spiro atoms. The number of carbonyl (C=O) groups is 2. The van der Waals surface area contributed by atoms with E-state index in [9.17, 15) is 9.59 Å². The summed E-state index contributed by atoms with van der Waals surface area (Å²) in [5.41, 5.74) is 6.91. The second-order valence-electron chi connectivity index (χ2n) is 7.45. The van der Waals surface area contributed by atoms with E-state index in [1.54, 1.807) is 0 Å². The molecule has 0 saturated carbocycles. The molecular formula is C20H35N3O2. The number of allylic oxidation sites excluding steroid dienone is 2. The Hall–Kier alpha value is -1.52. The third-order valence-corrected chi connectivity index (χ3v) is 5.44. The predicted molar refractivity (Wildman–Crippen MR) is 101 cm³/mol. The molecule has 2 heterocycles. The summed E-state index contributed by atoms with van der Waals surface area (Å²) in [6.45, 7) is 6.61. The Labute approximate surface area is 152 Å². The summed E-state index contributed by atoms with van der Waals surface area (Å²) in [6.07, 6.45) is 10.4. The molecule has 0 aromatic heterocycles. The third-order valence-electron chi connectivity index (χ3n) is 5.44. The monoisotopic (exact) mass is 349 g/mol. The highest BCUT2D eigenvalue weighted by atomic mass is 16.2. The van der Waals surface area contributed by atoms with Crippen LogP contribution in [0.15, 0.2) is 11.8 Å². The Morgan fingerprint density at radius 3 is 2.52 bits per heavy atom. The SMILES string of the molecule is CC/C=C(\N)CC(CCCC)C(=O)N1CCCC1C(=O)N1CCCC1. The van der Waals surface area contributed by atoms with Crippen molar-refractivity contribution in [2.75, 3.05) is 19.6 Å². The van der Waals surface area contributed by atoms with Crippen molar-refractivity contribution in [2.24, 2.45) is 11.7 Å². The summed E-state index contributed by atoms with van der Waals surface area (Å²) >= 11 is 0. The second-order valence-corrected chi connectivity index (χ2v) is 7.45. The van der Waals surface area contributed by atoms with Gasteiger partial charge in [0.1, 0.15) is 6.04 Å².